The van der Waals surface area contributed by atoms with Gasteiger partial charge in [0.2, 0.25) is 0 Å². The molecule has 0 N–H and O–H groups in total. The summed E-state index contributed by atoms with van der Waals surface area (Å²) in [5, 5.41) is 22.6. The molecule has 2 aromatic rings. The topological polar surface area (TPSA) is 82.5 Å². The molecular weight excluding hydrogens is 216 g/mol. The lowest BCUT2D eigenvalue weighted by molar-refractivity contribution is 0.653. The molecule has 1 aromatic heterocycles. The molecule has 0 aliphatic carbocycles. The van der Waals surface area contributed by atoms with E-state index in [2.05, 4.69) is 5.10 Å². The molecule has 0 fully saturated rings. The zero-order chi connectivity index (χ0) is 12.3. The average molecular weight is 224 g/mol. The third-order valence-electron chi connectivity index (χ3n) is 2.41. The van der Waals surface area contributed by atoms with Crippen LogP contribution in [0.2, 0.25) is 0 Å². The lowest BCUT2D eigenvalue weighted by Gasteiger charge is -2.05. The standard InChI is InChI=1S/C12H8N4O/c13-6-5-11-9-3-1-2-4-10(9)12(17)16(15-11)8-7-14/h1-4H,5,8H2. The molecule has 0 spiro atoms. The van der Waals surface area contributed by atoms with Crippen molar-refractivity contribution in [2.75, 3.05) is 0 Å². The van der Waals surface area contributed by atoms with Gasteiger partial charge < -0.3 is 0 Å². The maximum absolute atomic E-state index is 11.9. The minimum Gasteiger partial charge on any atom is -0.267 e. The van der Waals surface area contributed by atoms with E-state index in [1.807, 2.05) is 12.1 Å². The third kappa shape index (κ3) is 1.86. The number of nitrogens with zero attached hydrogens (tertiary/aromatic N) is 4. The Morgan fingerprint density at radius 3 is 2.53 bits per heavy atom. The first-order valence-corrected chi connectivity index (χ1v) is 5.00. The highest BCUT2D eigenvalue weighted by atomic mass is 16.1. The fourth-order valence-electron chi connectivity index (χ4n) is 1.68. The van der Waals surface area contributed by atoms with Crippen LogP contribution in [0.15, 0.2) is 29.1 Å². The molecule has 82 valence electrons. The van der Waals surface area contributed by atoms with Crippen molar-refractivity contribution in [3.05, 3.63) is 40.3 Å². The second-order valence-corrected chi connectivity index (χ2v) is 3.45. The maximum atomic E-state index is 11.9. The fourth-order valence-corrected chi connectivity index (χ4v) is 1.68. The fraction of sp³-hybridized carbons (Fsp3) is 0.167. The van der Waals surface area contributed by atoms with Crippen molar-refractivity contribution in [3.63, 3.8) is 0 Å². The van der Waals surface area contributed by atoms with Gasteiger partial charge in [-0.2, -0.15) is 15.6 Å². The smallest absolute Gasteiger partial charge is 0.267 e. The SMILES string of the molecule is N#CCc1nn(CC#N)c(=O)c2ccccc12. The van der Waals surface area contributed by atoms with Gasteiger partial charge in [-0.15, -0.1) is 0 Å². The largest absolute Gasteiger partial charge is 0.275 e. The predicted molar refractivity (Wildman–Crippen MR) is 60.9 cm³/mol. The van der Waals surface area contributed by atoms with Gasteiger partial charge >= 0.3 is 0 Å². The Balaban J connectivity index is 2.82. The van der Waals surface area contributed by atoms with Crippen LogP contribution in [0.3, 0.4) is 0 Å². The van der Waals surface area contributed by atoms with E-state index < -0.39 is 0 Å². The van der Waals surface area contributed by atoms with E-state index in [4.69, 9.17) is 10.5 Å². The second-order valence-electron chi connectivity index (χ2n) is 3.45. The van der Waals surface area contributed by atoms with Crippen LogP contribution in [0.4, 0.5) is 0 Å². The van der Waals surface area contributed by atoms with Crippen LogP contribution in [0.25, 0.3) is 10.8 Å². The highest BCUT2D eigenvalue weighted by Gasteiger charge is 2.09. The van der Waals surface area contributed by atoms with Crippen LogP contribution in [-0.4, -0.2) is 9.78 Å². The van der Waals surface area contributed by atoms with Crippen molar-refractivity contribution >= 4 is 10.8 Å². The molecule has 5 heteroatoms. The van der Waals surface area contributed by atoms with E-state index in [9.17, 15) is 4.79 Å². The van der Waals surface area contributed by atoms with Gasteiger partial charge in [0.25, 0.3) is 5.56 Å². The van der Waals surface area contributed by atoms with E-state index in [0.29, 0.717) is 16.5 Å². The Kier molecular flexibility index (Phi) is 2.85. The van der Waals surface area contributed by atoms with Crippen molar-refractivity contribution in [2.45, 2.75) is 13.0 Å². The Bertz CT molecular complexity index is 703. The van der Waals surface area contributed by atoms with E-state index >= 15 is 0 Å². The van der Waals surface area contributed by atoms with Crippen LogP contribution in [0, 0.1) is 22.7 Å². The summed E-state index contributed by atoms with van der Waals surface area (Å²) >= 11 is 0. The second kappa shape index (κ2) is 4.46. The molecule has 0 radical (unpaired) electrons. The molecular formula is C12H8N4O. The van der Waals surface area contributed by atoms with Crippen molar-refractivity contribution in [3.8, 4) is 12.1 Å². The summed E-state index contributed by atoms with van der Waals surface area (Å²) in [5.74, 6) is 0. The average Bonchev–Trinajstić information content (AvgIpc) is 2.36. The molecule has 2 rings (SSSR count). The van der Waals surface area contributed by atoms with Gasteiger partial charge in [0.1, 0.15) is 6.54 Å². The van der Waals surface area contributed by atoms with Crippen molar-refractivity contribution in [1.82, 2.24) is 9.78 Å². The molecule has 0 aliphatic heterocycles. The van der Waals surface area contributed by atoms with Gasteiger partial charge in [-0.05, 0) is 6.07 Å². The number of aromatic nitrogens is 2. The predicted octanol–water partition coefficient (Wildman–Crippen LogP) is 0.986. The lowest BCUT2D eigenvalue weighted by Crippen LogP contribution is -2.24. The van der Waals surface area contributed by atoms with E-state index in [1.54, 1.807) is 24.3 Å². The normalized spacial score (nSPS) is 9.76. The molecule has 0 saturated carbocycles. The minimum atomic E-state index is -0.302. The molecule has 5 nitrogen and oxygen atoms in total. The summed E-state index contributed by atoms with van der Waals surface area (Å²) in [5.41, 5.74) is 0.224. The summed E-state index contributed by atoms with van der Waals surface area (Å²) in [6.07, 6.45) is 0.117. The van der Waals surface area contributed by atoms with E-state index in [-0.39, 0.29) is 18.5 Å². The zero-order valence-corrected chi connectivity index (χ0v) is 8.92. The van der Waals surface area contributed by atoms with Gasteiger partial charge in [-0.1, -0.05) is 18.2 Å². The number of hydrogen-bond acceptors (Lipinski definition) is 4. The van der Waals surface area contributed by atoms with Gasteiger partial charge in [0.05, 0.1) is 29.6 Å². The van der Waals surface area contributed by atoms with Crippen molar-refractivity contribution in [2.24, 2.45) is 0 Å². The number of benzene rings is 1. The molecule has 0 amide bonds. The molecule has 0 aliphatic rings. The molecule has 0 saturated heterocycles. The Hall–Kier alpha value is -2.66. The number of fused-ring (bicyclic) bond motifs is 1. The summed E-state index contributed by atoms with van der Waals surface area (Å²) < 4.78 is 1.09. The molecule has 17 heavy (non-hydrogen) atoms. The molecule has 0 bridgehead atoms. The first-order chi connectivity index (χ1) is 8.27. The number of rotatable bonds is 2. The molecule has 0 atom stereocenters. The lowest BCUT2D eigenvalue weighted by atomic mass is 10.1. The highest BCUT2D eigenvalue weighted by molar-refractivity contribution is 5.83. The Morgan fingerprint density at radius 2 is 1.88 bits per heavy atom. The number of nitriles is 2. The summed E-state index contributed by atoms with van der Waals surface area (Å²) in [6, 6.07) is 10.8. The Labute approximate surface area is 97.1 Å². The molecule has 1 aromatic carbocycles. The van der Waals surface area contributed by atoms with Gasteiger partial charge in [0.15, 0.2) is 0 Å². The summed E-state index contributed by atoms with van der Waals surface area (Å²) in [7, 11) is 0. The monoisotopic (exact) mass is 224 g/mol. The number of hydrogen-bond donors (Lipinski definition) is 0. The van der Waals surface area contributed by atoms with Crippen LogP contribution < -0.4 is 5.56 Å². The molecule has 1 heterocycles. The van der Waals surface area contributed by atoms with Crippen LogP contribution in [0.1, 0.15) is 5.69 Å². The van der Waals surface area contributed by atoms with Crippen molar-refractivity contribution < 1.29 is 0 Å². The third-order valence-corrected chi connectivity index (χ3v) is 2.41. The van der Waals surface area contributed by atoms with Gasteiger partial charge in [0, 0.05) is 5.39 Å². The van der Waals surface area contributed by atoms with E-state index in [0.717, 1.165) is 4.68 Å². The first-order valence-electron chi connectivity index (χ1n) is 5.00. The van der Waals surface area contributed by atoms with Gasteiger partial charge in [-0.25, -0.2) is 4.68 Å². The maximum Gasteiger partial charge on any atom is 0.275 e. The summed E-state index contributed by atoms with van der Waals surface area (Å²) in [4.78, 5) is 11.9. The zero-order valence-electron chi connectivity index (χ0n) is 8.92. The summed E-state index contributed by atoms with van der Waals surface area (Å²) in [6.45, 7) is -0.109. The highest BCUT2D eigenvalue weighted by Crippen LogP contribution is 2.13. The Morgan fingerprint density at radius 1 is 1.18 bits per heavy atom. The first kappa shape index (κ1) is 10.8. The van der Waals surface area contributed by atoms with E-state index in [1.165, 1.54) is 0 Å². The quantitative estimate of drug-likeness (QED) is 0.761. The van der Waals surface area contributed by atoms with Crippen molar-refractivity contribution in [1.29, 1.82) is 10.5 Å². The van der Waals surface area contributed by atoms with Crippen LogP contribution in [0.5, 0.6) is 0 Å². The van der Waals surface area contributed by atoms with Crippen LogP contribution >= 0.6 is 0 Å². The van der Waals surface area contributed by atoms with Gasteiger partial charge in [-0.3, -0.25) is 4.79 Å². The minimum absolute atomic E-state index is 0.109. The van der Waals surface area contributed by atoms with Crippen LogP contribution in [-0.2, 0) is 13.0 Å². The molecule has 0 unspecified atom stereocenters.